The van der Waals surface area contributed by atoms with Gasteiger partial charge in [0, 0.05) is 29.9 Å². The molecule has 8 heteroatoms. The number of aryl methyl sites for hydroxylation is 1. The summed E-state index contributed by atoms with van der Waals surface area (Å²) >= 11 is 0. The molecule has 32 heavy (non-hydrogen) atoms. The second-order valence-corrected chi connectivity index (χ2v) is 7.72. The molecular formula is C24H19N3O5. The van der Waals surface area contributed by atoms with Crippen LogP contribution in [0.5, 0.6) is 17.5 Å². The van der Waals surface area contributed by atoms with Crippen LogP contribution >= 0.6 is 0 Å². The number of pyridine rings is 1. The Kier molecular flexibility index (Phi) is 4.41. The van der Waals surface area contributed by atoms with Crippen molar-refractivity contribution < 1.29 is 18.6 Å². The van der Waals surface area contributed by atoms with Crippen LogP contribution in [0, 0.1) is 0 Å². The van der Waals surface area contributed by atoms with E-state index in [-0.39, 0.29) is 24.3 Å². The van der Waals surface area contributed by atoms with E-state index in [2.05, 4.69) is 16.0 Å². The normalized spacial score (nSPS) is 16.2. The van der Waals surface area contributed by atoms with Gasteiger partial charge in [-0.05, 0) is 35.7 Å². The fourth-order valence-corrected chi connectivity index (χ4v) is 4.11. The first-order valence-corrected chi connectivity index (χ1v) is 10.4. The summed E-state index contributed by atoms with van der Waals surface area (Å²) in [5, 5.41) is 0. The number of aromatic nitrogens is 3. The molecule has 0 saturated carbocycles. The molecule has 8 nitrogen and oxygen atoms in total. The zero-order valence-corrected chi connectivity index (χ0v) is 17.1. The third-order valence-corrected chi connectivity index (χ3v) is 5.68. The summed E-state index contributed by atoms with van der Waals surface area (Å²) < 4.78 is 24.2. The van der Waals surface area contributed by atoms with Gasteiger partial charge < -0.3 is 18.6 Å². The molecule has 1 unspecified atom stereocenters. The molecule has 0 saturated heterocycles. The first kappa shape index (κ1) is 18.7. The summed E-state index contributed by atoms with van der Waals surface area (Å²) in [5.41, 5.74) is 4.77. The van der Waals surface area contributed by atoms with Crippen molar-refractivity contribution in [1.82, 2.24) is 14.5 Å². The van der Waals surface area contributed by atoms with Gasteiger partial charge in [-0.3, -0.25) is 4.57 Å². The van der Waals surface area contributed by atoms with Crippen LogP contribution in [-0.4, -0.2) is 33.9 Å². The van der Waals surface area contributed by atoms with Gasteiger partial charge in [0.2, 0.25) is 5.88 Å². The Labute approximate surface area is 183 Å². The van der Waals surface area contributed by atoms with Crippen LogP contribution in [0.25, 0.3) is 22.4 Å². The largest absolute Gasteiger partial charge is 0.478 e. The highest BCUT2D eigenvalue weighted by atomic mass is 16.6. The van der Waals surface area contributed by atoms with Crippen molar-refractivity contribution in [3.05, 3.63) is 77.2 Å². The Morgan fingerprint density at radius 2 is 2.12 bits per heavy atom. The Bertz CT molecular complexity index is 1350. The van der Waals surface area contributed by atoms with Crippen LogP contribution in [-0.2, 0) is 13.0 Å². The fourth-order valence-electron chi connectivity index (χ4n) is 4.11. The lowest BCUT2D eigenvalue weighted by atomic mass is 9.94. The lowest BCUT2D eigenvalue weighted by molar-refractivity contribution is 0.0486. The van der Waals surface area contributed by atoms with E-state index < -0.39 is 0 Å². The standard InChI is InChI=1S/C24H19N3O5/c28-24-26-22(30-13-18-14-31-23-21(32-18)2-1-7-25-23)11-20-19-4-3-15(17-6-9-29-12-17)10-16(19)5-8-27(20)24/h1-4,6-7,9-12,18H,5,8,13-14H2. The van der Waals surface area contributed by atoms with Crippen molar-refractivity contribution in [2.24, 2.45) is 0 Å². The molecule has 0 amide bonds. The lowest BCUT2D eigenvalue weighted by Crippen LogP contribution is -2.35. The Balaban J connectivity index is 1.25. The Hall–Kier alpha value is -4.07. The summed E-state index contributed by atoms with van der Waals surface area (Å²) in [6.07, 6.45) is 5.48. The van der Waals surface area contributed by atoms with Gasteiger partial charge in [-0.1, -0.05) is 18.2 Å². The van der Waals surface area contributed by atoms with Crippen LogP contribution in [0.15, 0.2) is 70.4 Å². The van der Waals surface area contributed by atoms with E-state index in [1.54, 1.807) is 35.4 Å². The average Bonchev–Trinajstić information content (AvgIpc) is 3.37. The summed E-state index contributed by atoms with van der Waals surface area (Å²) in [5.74, 6) is 1.32. The molecule has 0 radical (unpaired) electrons. The summed E-state index contributed by atoms with van der Waals surface area (Å²) in [7, 11) is 0. The first-order valence-electron chi connectivity index (χ1n) is 10.4. The number of benzene rings is 1. The van der Waals surface area contributed by atoms with Crippen molar-refractivity contribution in [2.75, 3.05) is 13.2 Å². The quantitative estimate of drug-likeness (QED) is 0.492. The second kappa shape index (κ2) is 7.56. The molecule has 2 aliphatic rings. The van der Waals surface area contributed by atoms with Crippen LogP contribution < -0.4 is 19.9 Å². The Morgan fingerprint density at radius 1 is 1.16 bits per heavy atom. The number of rotatable bonds is 4. The van der Waals surface area contributed by atoms with E-state index in [0.29, 0.717) is 24.8 Å². The molecule has 0 N–H and O–H groups in total. The van der Waals surface area contributed by atoms with Crippen molar-refractivity contribution >= 4 is 0 Å². The Morgan fingerprint density at radius 3 is 3.03 bits per heavy atom. The van der Waals surface area contributed by atoms with Gasteiger partial charge >= 0.3 is 5.69 Å². The maximum absolute atomic E-state index is 12.7. The zero-order chi connectivity index (χ0) is 21.5. The number of fused-ring (bicyclic) bond motifs is 4. The minimum Gasteiger partial charge on any atom is -0.478 e. The molecule has 0 spiro atoms. The van der Waals surface area contributed by atoms with Gasteiger partial charge in [0.25, 0.3) is 5.88 Å². The maximum atomic E-state index is 12.7. The van der Waals surface area contributed by atoms with Gasteiger partial charge in [-0.15, -0.1) is 0 Å². The van der Waals surface area contributed by atoms with Gasteiger partial charge in [-0.2, -0.15) is 4.98 Å². The molecule has 4 aromatic rings. The molecule has 3 aromatic heterocycles. The highest BCUT2D eigenvalue weighted by Gasteiger charge is 2.24. The molecule has 1 aromatic carbocycles. The third kappa shape index (κ3) is 3.30. The molecule has 6 rings (SSSR count). The average molecular weight is 429 g/mol. The van der Waals surface area contributed by atoms with E-state index in [0.717, 1.165) is 28.8 Å². The molecule has 0 bridgehead atoms. The second-order valence-electron chi connectivity index (χ2n) is 7.72. The van der Waals surface area contributed by atoms with Gasteiger partial charge in [0.15, 0.2) is 11.9 Å². The number of hydrogen-bond acceptors (Lipinski definition) is 7. The molecule has 1 atom stereocenters. The third-order valence-electron chi connectivity index (χ3n) is 5.68. The van der Waals surface area contributed by atoms with Crippen LogP contribution in [0.2, 0.25) is 0 Å². The maximum Gasteiger partial charge on any atom is 0.351 e. The SMILES string of the molecule is O=c1nc(OCC2COc3ncccc3O2)cc2n1CCc1cc(-c3ccoc3)ccc1-2. The predicted molar refractivity (Wildman–Crippen MR) is 115 cm³/mol. The highest BCUT2D eigenvalue weighted by molar-refractivity contribution is 5.73. The molecular weight excluding hydrogens is 410 g/mol. The van der Waals surface area contributed by atoms with E-state index in [1.165, 1.54) is 5.56 Å². The summed E-state index contributed by atoms with van der Waals surface area (Å²) in [4.78, 5) is 20.9. The number of hydrogen-bond donors (Lipinski definition) is 0. The van der Waals surface area contributed by atoms with Gasteiger partial charge in [-0.25, -0.2) is 9.78 Å². The van der Waals surface area contributed by atoms with Crippen LogP contribution in [0.4, 0.5) is 0 Å². The highest BCUT2D eigenvalue weighted by Crippen LogP contribution is 2.33. The molecule has 0 aliphatic carbocycles. The molecule has 0 fully saturated rings. The van der Waals surface area contributed by atoms with E-state index in [1.807, 2.05) is 24.3 Å². The minimum atomic E-state index is -0.322. The van der Waals surface area contributed by atoms with Gasteiger partial charge in [0.05, 0.1) is 18.2 Å². The fraction of sp³-hybridized carbons (Fsp3) is 0.208. The van der Waals surface area contributed by atoms with E-state index in [9.17, 15) is 4.79 Å². The smallest absolute Gasteiger partial charge is 0.351 e. The van der Waals surface area contributed by atoms with Gasteiger partial charge in [0.1, 0.15) is 13.2 Å². The van der Waals surface area contributed by atoms with Crippen molar-refractivity contribution in [3.8, 4) is 39.9 Å². The van der Waals surface area contributed by atoms with Crippen molar-refractivity contribution in [3.63, 3.8) is 0 Å². The predicted octanol–water partition coefficient (Wildman–Crippen LogP) is 3.34. The zero-order valence-electron chi connectivity index (χ0n) is 17.1. The summed E-state index contributed by atoms with van der Waals surface area (Å²) in [6.45, 7) is 1.09. The number of ether oxygens (including phenoxy) is 3. The van der Waals surface area contributed by atoms with Crippen LogP contribution in [0.1, 0.15) is 5.56 Å². The van der Waals surface area contributed by atoms with Crippen LogP contribution in [0.3, 0.4) is 0 Å². The molecule has 2 aliphatic heterocycles. The van der Waals surface area contributed by atoms with Crippen molar-refractivity contribution in [2.45, 2.75) is 19.1 Å². The monoisotopic (exact) mass is 429 g/mol. The van der Waals surface area contributed by atoms with Crippen molar-refractivity contribution in [1.29, 1.82) is 0 Å². The number of furan rings is 1. The van der Waals surface area contributed by atoms with E-state index in [4.69, 9.17) is 18.6 Å². The first-order chi connectivity index (χ1) is 15.7. The molecule has 5 heterocycles. The molecule has 160 valence electrons. The minimum absolute atomic E-state index is 0.205. The topological polar surface area (TPSA) is 88.6 Å². The van der Waals surface area contributed by atoms with E-state index >= 15 is 0 Å². The number of nitrogens with zero attached hydrogens (tertiary/aromatic N) is 3. The lowest BCUT2D eigenvalue weighted by Gasteiger charge is -2.26. The summed E-state index contributed by atoms with van der Waals surface area (Å²) in [6, 6.07) is 13.5.